The van der Waals surface area contributed by atoms with Crippen LogP contribution in [0.2, 0.25) is 0 Å². The zero-order valence-corrected chi connectivity index (χ0v) is 13.8. The van der Waals surface area contributed by atoms with Crippen LogP contribution in [0.3, 0.4) is 0 Å². The minimum atomic E-state index is -1.02. The van der Waals surface area contributed by atoms with Crippen LogP contribution in [0.15, 0.2) is 81.4 Å². The Kier molecular flexibility index (Phi) is 5.91. The van der Waals surface area contributed by atoms with E-state index in [9.17, 15) is 17.6 Å². The Morgan fingerprint density at radius 1 is 0.500 bits per heavy atom. The van der Waals surface area contributed by atoms with Crippen LogP contribution in [0.25, 0.3) is 0 Å². The van der Waals surface area contributed by atoms with Crippen molar-refractivity contribution in [2.24, 2.45) is 0 Å². The van der Waals surface area contributed by atoms with Crippen molar-refractivity contribution in [2.75, 3.05) is 0 Å². The number of halogens is 5. The SMILES string of the molecule is Cl.Fc1cc(F)cc([S+](c2ccccc2)c2cc(F)cc(F)c2)c1. The normalized spacial score (nSPS) is 10.5. The molecule has 3 aromatic carbocycles. The summed E-state index contributed by atoms with van der Waals surface area (Å²) < 4.78 is 54.4. The van der Waals surface area contributed by atoms with E-state index in [0.29, 0.717) is 14.7 Å². The van der Waals surface area contributed by atoms with Crippen molar-refractivity contribution in [1.82, 2.24) is 0 Å². The first-order valence-electron chi connectivity index (χ1n) is 6.74. The zero-order chi connectivity index (χ0) is 16.4. The van der Waals surface area contributed by atoms with Crippen LogP contribution in [0, 0.1) is 23.3 Å². The molecule has 24 heavy (non-hydrogen) atoms. The summed E-state index contributed by atoms with van der Waals surface area (Å²) in [6.07, 6.45) is 0. The molecule has 0 amide bonds. The lowest BCUT2D eigenvalue weighted by Crippen LogP contribution is -2.07. The molecule has 3 aromatic rings. The van der Waals surface area contributed by atoms with E-state index in [0.717, 1.165) is 12.1 Å². The van der Waals surface area contributed by atoms with E-state index >= 15 is 0 Å². The third-order valence-electron chi connectivity index (χ3n) is 3.12. The molecule has 0 aliphatic carbocycles. The first-order chi connectivity index (χ1) is 11.0. The summed E-state index contributed by atoms with van der Waals surface area (Å²) >= 11 is 0. The second-order valence-corrected chi connectivity index (χ2v) is 6.86. The summed E-state index contributed by atoms with van der Waals surface area (Å²) in [5.41, 5.74) is 0. The maximum atomic E-state index is 13.6. The number of hydrogen-bond donors (Lipinski definition) is 0. The molecule has 0 N–H and O–H groups in total. The van der Waals surface area contributed by atoms with Gasteiger partial charge in [0.25, 0.3) is 0 Å². The standard InChI is InChI=1S/C18H11F4S.ClH/c19-12-6-13(20)9-17(8-12)23(16-4-2-1-3-5-16)18-10-14(21)7-15(22)11-18;/h1-11H;1H/q+1;. The van der Waals surface area contributed by atoms with Gasteiger partial charge in [0.05, 0.1) is 10.9 Å². The van der Waals surface area contributed by atoms with Gasteiger partial charge in [0, 0.05) is 36.4 Å². The quantitative estimate of drug-likeness (QED) is 0.405. The van der Waals surface area contributed by atoms with E-state index in [1.807, 2.05) is 0 Å². The molecular formula is C18H12ClF4S+. The lowest BCUT2D eigenvalue weighted by molar-refractivity contribution is 0.576. The van der Waals surface area contributed by atoms with Crippen molar-refractivity contribution in [3.63, 3.8) is 0 Å². The summed E-state index contributed by atoms with van der Waals surface area (Å²) in [6, 6.07) is 15.1. The number of hydrogen-bond acceptors (Lipinski definition) is 0. The highest BCUT2D eigenvalue weighted by Gasteiger charge is 2.30. The van der Waals surface area contributed by atoms with Crippen LogP contribution < -0.4 is 0 Å². The maximum Gasteiger partial charge on any atom is 0.172 e. The third-order valence-corrected chi connectivity index (χ3v) is 5.28. The largest absolute Gasteiger partial charge is 0.207 e. The van der Waals surface area contributed by atoms with Gasteiger partial charge in [0.15, 0.2) is 14.7 Å². The van der Waals surface area contributed by atoms with Gasteiger partial charge >= 0.3 is 0 Å². The molecule has 0 saturated carbocycles. The Labute approximate surface area is 145 Å². The van der Waals surface area contributed by atoms with Gasteiger partial charge in [-0.1, -0.05) is 18.2 Å². The summed E-state index contributed by atoms with van der Waals surface area (Å²) in [6.45, 7) is 0. The minimum Gasteiger partial charge on any atom is -0.207 e. The monoisotopic (exact) mass is 371 g/mol. The van der Waals surface area contributed by atoms with Crippen molar-refractivity contribution in [3.8, 4) is 0 Å². The first kappa shape index (κ1) is 18.4. The molecular weight excluding hydrogens is 360 g/mol. The van der Waals surface area contributed by atoms with Crippen molar-refractivity contribution < 1.29 is 17.6 Å². The van der Waals surface area contributed by atoms with Crippen LogP contribution in [-0.4, -0.2) is 0 Å². The fraction of sp³-hybridized carbons (Fsp3) is 0. The lowest BCUT2D eigenvalue weighted by atomic mass is 10.3. The molecule has 0 aromatic heterocycles. The molecule has 0 bridgehead atoms. The highest BCUT2D eigenvalue weighted by molar-refractivity contribution is 7.97. The fourth-order valence-corrected chi connectivity index (χ4v) is 4.43. The Hall–Kier alpha value is -1.98. The van der Waals surface area contributed by atoms with Crippen molar-refractivity contribution >= 4 is 23.3 Å². The molecule has 0 saturated heterocycles. The maximum absolute atomic E-state index is 13.6. The van der Waals surface area contributed by atoms with Crippen molar-refractivity contribution in [1.29, 1.82) is 0 Å². The number of rotatable bonds is 3. The van der Waals surface area contributed by atoms with Crippen molar-refractivity contribution in [2.45, 2.75) is 14.7 Å². The average molecular weight is 372 g/mol. The summed E-state index contributed by atoms with van der Waals surface area (Å²) in [5, 5.41) is 0. The Morgan fingerprint density at radius 3 is 1.25 bits per heavy atom. The van der Waals surface area contributed by atoms with E-state index in [-0.39, 0.29) is 12.4 Å². The van der Waals surface area contributed by atoms with Gasteiger partial charge in [0.1, 0.15) is 23.3 Å². The molecule has 3 rings (SSSR count). The first-order valence-corrected chi connectivity index (χ1v) is 7.97. The minimum absolute atomic E-state index is 0. The topological polar surface area (TPSA) is 0 Å². The molecule has 0 aliphatic heterocycles. The van der Waals surface area contributed by atoms with Gasteiger partial charge in [-0.15, -0.1) is 12.4 Å². The van der Waals surface area contributed by atoms with Crippen molar-refractivity contribution in [3.05, 3.63) is 90.0 Å². The summed E-state index contributed by atoms with van der Waals surface area (Å²) in [4.78, 5) is 1.35. The Bertz CT molecular complexity index is 748. The van der Waals surface area contributed by atoms with E-state index < -0.39 is 34.2 Å². The molecule has 0 atom stereocenters. The van der Waals surface area contributed by atoms with E-state index in [4.69, 9.17) is 0 Å². The van der Waals surface area contributed by atoms with Gasteiger partial charge in [0.2, 0.25) is 0 Å². The van der Waals surface area contributed by atoms with Gasteiger partial charge in [-0.05, 0) is 12.1 Å². The molecule has 6 heteroatoms. The Balaban J connectivity index is 0.00000208. The van der Waals surface area contributed by atoms with Gasteiger partial charge in [-0.2, -0.15) is 0 Å². The van der Waals surface area contributed by atoms with Gasteiger partial charge in [-0.25, -0.2) is 17.6 Å². The molecule has 0 fully saturated rings. The molecule has 0 nitrogen and oxygen atoms in total. The molecule has 0 aliphatic rings. The third kappa shape index (κ3) is 4.10. The average Bonchev–Trinajstić information content (AvgIpc) is 2.46. The van der Waals surface area contributed by atoms with E-state index in [1.165, 1.54) is 24.3 Å². The molecule has 124 valence electrons. The van der Waals surface area contributed by atoms with Crippen LogP contribution in [0.4, 0.5) is 17.6 Å². The van der Waals surface area contributed by atoms with Crippen LogP contribution >= 0.6 is 12.4 Å². The molecule has 0 spiro atoms. The molecule has 0 unspecified atom stereocenters. The Morgan fingerprint density at radius 2 is 0.875 bits per heavy atom. The molecule has 0 heterocycles. The van der Waals surface area contributed by atoms with E-state index in [1.54, 1.807) is 30.3 Å². The lowest BCUT2D eigenvalue weighted by Gasteiger charge is -2.08. The van der Waals surface area contributed by atoms with Crippen LogP contribution in [-0.2, 0) is 10.9 Å². The zero-order valence-electron chi connectivity index (χ0n) is 12.2. The van der Waals surface area contributed by atoms with Crippen LogP contribution in [0.5, 0.6) is 0 Å². The van der Waals surface area contributed by atoms with Gasteiger partial charge in [-0.3, -0.25) is 0 Å². The summed E-state index contributed by atoms with van der Waals surface area (Å²) in [5.74, 6) is -2.92. The van der Waals surface area contributed by atoms with E-state index in [2.05, 4.69) is 0 Å². The second-order valence-electron chi connectivity index (χ2n) is 4.83. The highest BCUT2D eigenvalue weighted by atomic mass is 35.5. The van der Waals surface area contributed by atoms with Crippen LogP contribution in [0.1, 0.15) is 0 Å². The highest BCUT2D eigenvalue weighted by Crippen LogP contribution is 2.32. The molecule has 0 radical (unpaired) electrons. The van der Waals surface area contributed by atoms with Gasteiger partial charge < -0.3 is 0 Å². The predicted octanol–water partition coefficient (Wildman–Crippen LogP) is 5.76. The fourth-order valence-electron chi connectivity index (χ4n) is 2.26. The second kappa shape index (κ2) is 7.73. The number of benzene rings is 3. The predicted molar refractivity (Wildman–Crippen MR) is 88.6 cm³/mol. The summed E-state index contributed by atoms with van der Waals surface area (Å²) in [7, 11) is -1.02. The smallest absolute Gasteiger partial charge is 0.172 e.